The first-order chi connectivity index (χ1) is 12.2. The lowest BCUT2D eigenvalue weighted by Gasteiger charge is -2.44. The number of carbonyl (C=O) groups excluding carboxylic acids is 1. The van der Waals surface area contributed by atoms with Crippen molar-refractivity contribution in [3.8, 4) is 0 Å². The van der Waals surface area contributed by atoms with E-state index in [4.69, 9.17) is 10.5 Å². The molecule has 144 valence electrons. The number of nitrogens with zero attached hydrogens (tertiary/aromatic N) is 4. The number of amides is 1. The molecule has 8 heteroatoms. The van der Waals surface area contributed by atoms with Crippen LogP contribution in [-0.4, -0.2) is 65.8 Å². The Hall–Kier alpha value is -2.09. The van der Waals surface area contributed by atoms with E-state index >= 15 is 0 Å². The van der Waals surface area contributed by atoms with Crippen LogP contribution < -0.4 is 16.0 Å². The van der Waals surface area contributed by atoms with Gasteiger partial charge in [-0.05, 0) is 46.7 Å². The molecule has 0 radical (unpaired) electrons. The summed E-state index contributed by atoms with van der Waals surface area (Å²) in [6, 6.07) is 2.17. The highest BCUT2D eigenvalue weighted by Gasteiger charge is 2.35. The van der Waals surface area contributed by atoms with Crippen LogP contribution in [0.5, 0.6) is 0 Å². The zero-order valence-corrected chi connectivity index (χ0v) is 16.2. The molecule has 2 aliphatic heterocycles. The molecule has 3 N–H and O–H groups in total. The van der Waals surface area contributed by atoms with E-state index in [1.165, 1.54) is 0 Å². The molecule has 0 unspecified atom stereocenters. The van der Waals surface area contributed by atoms with Crippen molar-refractivity contribution >= 4 is 17.9 Å². The minimum Gasteiger partial charge on any atom is -0.444 e. The summed E-state index contributed by atoms with van der Waals surface area (Å²) in [5.74, 6) is 1.60. The van der Waals surface area contributed by atoms with Gasteiger partial charge in [-0.3, -0.25) is 0 Å². The number of likely N-dealkylation sites (N-methyl/N-ethyl adjacent to an activating group) is 1. The predicted molar refractivity (Wildman–Crippen MR) is 101 cm³/mol. The fraction of sp³-hybridized carbons (Fsp3) is 0.722. The fourth-order valence-corrected chi connectivity index (χ4v) is 3.33. The number of carbonyl (C=O) groups is 1. The molecule has 1 amide bonds. The van der Waals surface area contributed by atoms with Gasteiger partial charge in [-0.25, -0.2) is 9.78 Å². The first-order valence-corrected chi connectivity index (χ1v) is 9.29. The van der Waals surface area contributed by atoms with Gasteiger partial charge in [0.2, 0.25) is 5.95 Å². The molecule has 3 rings (SSSR count). The van der Waals surface area contributed by atoms with Gasteiger partial charge in [-0.1, -0.05) is 0 Å². The van der Waals surface area contributed by atoms with Crippen LogP contribution in [0.25, 0.3) is 0 Å². The molecule has 0 atom stereocenters. The Bertz CT molecular complexity index is 648. The van der Waals surface area contributed by atoms with Crippen molar-refractivity contribution in [1.82, 2.24) is 20.2 Å². The maximum atomic E-state index is 12.2. The molecule has 0 aliphatic carbocycles. The molecule has 2 aliphatic rings. The summed E-state index contributed by atoms with van der Waals surface area (Å²) in [6.45, 7) is 9.08. The number of nitrogens with two attached hydrogens (primary N) is 1. The molecule has 3 heterocycles. The molecule has 0 bridgehead atoms. The summed E-state index contributed by atoms with van der Waals surface area (Å²) in [5.41, 5.74) is 6.49. The smallest absolute Gasteiger partial charge is 0.410 e. The third-order valence-corrected chi connectivity index (χ3v) is 4.92. The molecule has 1 aromatic heterocycles. The first kappa shape index (κ1) is 18.7. The van der Waals surface area contributed by atoms with Gasteiger partial charge < -0.3 is 25.6 Å². The van der Waals surface area contributed by atoms with Gasteiger partial charge in [0.1, 0.15) is 11.4 Å². The number of anilines is 2. The van der Waals surface area contributed by atoms with Crippen molar-refractivity contribution in [1.29, 1.82) is 0 Å². The summed E-state index contributed by atoms with van der Waals surface area (Å²) < 4.78 is 5.43. The Labute approximate surface area is 155 Å². The van der Waals surface area contributed by atoms with Crippen LogP contribution in [-0.2, 0) is 4.74 Å². The highest BCUT2D eigenvalue weighted by Crippen LogP contribution is 2.29. The lowest BCUT2D eigenvalue weighted by molar-refractivity contribution is 0.0196. The highest BCUT2D eigenvalue weighted by molar-refractivity contribution is 5.69. The lowest BCUT2D eigenvalue weighted by Crippen LogP contribution is -2.60. The van der Waals surface area contributed by atoms with Crippen LogP contribution in [0.1, 0.15) is 45.2 Å². The number of hydrogen-bond donors (Lipinski definition) is 2. The molecule has 0 spiro atoms. The van der Waals surface area contributed by atoms with Gasteiger partial charge in [0.05, 0.1) is 11.7 Å². The Morgan fingerprint density at radius 2 is 1.96 bits per heavy atom. The zero-order chi connectivity index (χ0) is 18.9. The molecular weight excluding hydrogens is 332 g/mol. The summed E-state index contributed by atoms with van der Waals surface area (Å²) >= 11 is 0. The van der Waals surface area contributed by atoms with E-state index in [0.29, 0.717) is 11.9 Å². The standard InChI is InChI=1S/C18H30N6O2/c1-18(2,3)26-17(25)23(4)13-10-24(11-13)15-9-14(21-16(19)22-15)12-5-7-20-8-6-12/h9,12-13,20H,5-8,10-11H2,1-4H3,(H2,19,21,22). The van der Waals surface area contributed by atoms with E-state index in [9.17, 15) is 4.79 Å². The SMILES string of the molecule is CN(C(=O)OC(C)(C)C)C1CN(c2cc(C3CCNCC3)nc(N)n2)C1. The van der Waals surface area contributed by atoms with Crippen molar-refractivity contribution in [3.05, 3.63) is 11.8 Å². The van der Waals surface area contributed by atoms with Crippen molar-refractivity contribution < 1.29 is 9.53 Å². The molecule has 0 aromatic carbocycles. The average Bonchev–Trinajstić information content (AvgIpc) is 2.52. The average molecular weight is 362 g/mol. The third-order valence-electron chi connectivity index (χ3n) is 4.92. The minimum absolute atomic E-state index is 0.114. The van der Waals surface area contributed by atoms with E-state index in [1.807, 2.05) is 20.8 Å². The number of aromatic nitrogens is 2. The summed E-state index contributed by atoms with van der Waals surface area (Å²) in [6.07, 6.45) is 1.85. The van der Waals surface area contributed by atoms with Crippen LogP contribution in [0.15, 0.2) is 6.07 Å². The lowest BCUT2D eigenvalue weighted by atomic mass is 9.94. The zero-order valence-electron chi connectivity index (χ0n) is 16.2. The van der Waals surface area contributed by atoms with E-state index < -0.39 is 5.60 Å². The Balaban J connectivity index is 1.61. The van der Waals surface area contributed by atoms with Gasteiger partial charge in [-0.15, -0.1) is 0 Å². The maximum absolute atomic E-state index is 12.2. The van der Waals surface area contributed by atoms with Gasteiger partial charge >= 0.3 is 6.09 Å². The second kappa shape index (κ2) is 7.26. The second-order valence-electron chi connectivity index (χ2n) is 8.18. The Morgan fingerprint density at radius 3 is 2.58 bits per heavy atom. The largest absolute Gasteiger partial charge is 0.444 e. The van der Waals surface area contributed by atoms with Gasteiger partial charge in [0.15, 0.2) is 0 Å². The third kappa shape index (κ3) is 4.35. The molecule has 26 heavy (non-hydrogen) atoms. The normalized spacial score (nSPS) is 19.2. The number of nitrogen functional groups attached to an aromatic ring is 1. The van der Waals surface area contributed by atoms with Crippen LogP contribution >= 0.6 is 0 Å². The number of piperidine rings is 1. The van der Waals surface area contributed by atoms with Crippen molar-refractivity contribution in [2.45, 2.75) is 51.2 Å². The topological polar surface area (TPSA) is 96.6 Å². The maximum Gasteiger partial charge on any atom is 0.410 e. The Morgan fingerprint density at radius 1 is 1.31 bits per heavy atom. The van der Waals surface area contributed by atoms with Crippen LogP contribution in [0.2, 0.25) is 0 Å². The van der Waals surface area contributed by atoms with Crippen LogP contribution in [0.3, 0.4) is 0 Å². The van der Waals surface area contributed by atoms with Crippen molar-refractivity contribution in [2.75, 3.05) is 43.9 Å². The molecule has 2 saturated heterocycles. The second-order valence-corrected chi connectivity index (χ2v) is 8.18. The molecule has 0 saturated carbocycles. The van der Waals surface area contributed by atoms with E-state index in [2.05, 4.69) is 26.3 Å². The van der Waals surface area contributed by atoms with Crippen molar-refractivity contribution in [3.63, 3.8) is 0 Å². The predicted octanol–water partition coefficient (Wildman–Crippen LogP) is 1.58. The van der Waals surface area contributed by atoms with Crippen LogP contribution in [0.4, 0.5) is 16.6 Å². The highest BCUT2D eigenvalue weighted by atomic mass is 16.6. The van der Waals surface area contributed by atoms with E-state index in [1.54, 1.807) is 11.9 Å². The number of ether oxygens (including phenoxy) is 1. The van der Waals surface area contributed by atoms with Gasteiger partial charge in [-0.2, -0.15) is 4.98 Å². The summed E-state index contributed by atoms with van der Waals surface area (Å²) in [7, 11) is 1.78. The quantitative estimate of drug-likeness (QED) is 0.842. The number of nitrogens with one attached hydrogen (secondary N) is 1. The summed E-state index contributed by atoms with van der Waals surface area (Å²) in [4.78, 5) is 24.8. The molecule has 8 nitrogen and oxygen atoms in total. The first-order valence-electron chi connectivity index (χ1n) is 9.29. The summed E-state index contributed by atoms with van der Waals surface area (Å²) in [5, 5.41) is 3.37. The monoisotopic (exact) mass is 362 g/mol. The van der Waals surface area contributed by atoms with Gasteiger partial charge in [0, 0.05) is 32.1 Å². The molecule has 1 aromatic rings. The van der Waals surface area contributed by atoms with Crippen molar-refractivity contribution in [2.24, 2.45) is 0 Å². The number of hydrogen-bond acceptors (Lipinski definition) is 7. The van der Waals surface area contributed by atoms with Crippen LogP contribution in [0, 0.1) is 0 Å². The minimum atomic E-state index is -0.486. The molecule has 2 fully saturated rings. The van der Waals surface area contributed by atoms with E-state index in [0.717, 1.165) is 50.5 Å². The Kier molecular flexibility index (Phi) is 5.22. The number of rotatable bonds is 3. The fourth-order valence-electron chi connectivity index (χ4n) is 3.33. The molecular formula is C18H30N6O2. The van der Waals surface area contributed by atoms with E-state index in [-0.39, 0.29) is 12.1 Å². The van der Waals surface area contributed by atoms with Gasteiger partial charge in [0.25, 0.3) is 0 Å².